The average molecular weight is 266 g/mol. The fourth-order valence-electron chi connectivity index (χ4n) is 1.75. The summed E-state index contributed by atoms with van der Waals surface area (Å²) < 4.78 is 0. The zero-order valence-electron chi connectivity index (χ0n) is 9.98. The predicted octanol–water partition coefficient (Wildman–Crippen LogP) is 3.31. The lowest BCUT2D eigenvalue weighted by atomic mass is 10.1. The molecule has 0 spiro atoms. The summed E-state index contributed by atoms with van der Waals surface area (Å²) in [5.41, 5.74) is 3.35. The van der Waals surface area contributed by atoms with E-state index in [1.165, 1.54) is 26.7 Å². The Morgan fingerprint density at radius 2 is 2.24 bits per heavy atom. The van der Waals surface area contributed by atoms with Crippen LogP contribution in [0.3, 0.4) is 0 Å². The van der Waals surface area contributed by atoms with Crippen LogP contribution in [0.4, 0.5) is 0 Å². The van der Waals surface area contributed by atoms with Gasteiger partial charge in [0, 0.05) is 15.1 Å². The van der Waals surface area contributed by atoms with Crippen molar-refractivity contribution in [3.8, 4) is 0 Å². The van der Waals surface area contributed by atoms with Crippen molar-refractivity contribution >= 4 is 28.6 Å². The molecule has 0 bridgehead atoms. The second-order valence-electron chi connectivity index (χ2n) is 3.94. The molecule has 1 N–H and O–H groups in total. The Labute approximate surface area is 109 Å². The van der Waals surface area contributed by atoms with Gasteiger partial charge in [0.15, 0.2) is 0 Å². The highest BCUT2D eigenvalue weighted by molar-refractivity contribution is 7.12. The molecule has 2 aromatic rings. The van der Waals surface area contributed by atoms with E-state index in [9.17, 15) is 4.79 Å². The van der Waals surface area contributed by atoms with Gasteiger partial charge in [0.2, 0.25) is 0 Å². The number of thiophene rings is 1. The van der Waals surface area contributed by atoms with Gasteiger partial charge >= 0.3 is 0 Å². The van der Waals surface area contributed by atoms with Crippen molar-refractivity contribution in [1.29, 1.82) is 0 Å². The van der Waals surface area contributed by atoms with Crippen molar-refractivity contribution < 1.29 is 4.79 Å². The average Bonchev–Trinajstić information content (AvgIpc) is 2.87. The fraction of sp³-hybridized carbons (Fsp3) is 0.333. The first kappa shape index (κ1) is 12.3. The van der Waals surface area contributed by atoms with Crippen LogP contribution < -0.4 is 5.32 Å². The topological polar surface area (TPSA) is 42.0 Å². The summed E-state index contributed by atoms with van der Waals surface area (Å²) in [6, 6.07) is 2.15. The van der Waals surface area contributed by atoms with E-state index in [-0.39, 0.29) is 11.9 Å². The van der Waals surface area contributed by atoms with Gasteiger partial charge in [-0.1, -0.05) is 0 Å². The Morgan fingerprint density at radius 1 is 1.47 bits per heavy atom. The van der Waals surface area contributed by atoms with Crippen LogP contribution in [-0.2, 0) is 0 Å². The first-order valence-corrected chi connectivity index (χ1v) is 7.10. The van der Waals surface area contributed by atoms with Crippen LogP contribution in [-0.4, -0.2) is 10.9 Å². The molecule has 2 rings (SSSR count). The third kappa shape index (κ3) is 2.73. The monoisotopic (exact) mass is 266 g/mol. The number of nitrogens with one attached hydrogen (secondary N) is 1. The van der Waals surface area contributed by atoms with Gasteiger partial charge in [0.1, 0.15) is 5.69 Å². The number of carbonyl (C=O) groups excluding carboxylic acids is 1. The molecule has 0 aliphatic carbocycles. The summed E-state index contributed by atoms with van der Waals surface area (Å²) in [6.45, 7) is 6.16. The van der Waals surface area contributed by atoms with Gasteiger partial charge in [-0.05, 0) is 32.4 Å². The zero-order chi connectivity index (χ0) is 12.4. The number of amides is 1. The quantitative estimate of drug-likeness (QED) is 0.926. The van der Waals surface area contributed by atoms with E-state index < -0.39 is 0 Å². The van der Waals surface area contributed by atoms with Gasteiger partial charge in [0.05, 0.1) is 11.6 Å². The SMILES string of the molecule is Cc1cc(C(C)NC(=O)c2cscn2)c(C)s1. The lowest BCUT2D eigenvalue weighted by molar-refractivity contribution is 0.0935. The van der Waals surface area contributed by atoms with Gasteiger partial charge < -0.3 is 5.32 Å². The van der Waals surface area contributed by atoms with Crippen molar-refractivity contribution in [3.63, 3.8) is 0 Å². The van der Waals surface area contributed by atoms with Gasteiger partial charge in [-0.15, -0.1) is 22.7 Å². The summed E-state index contributed by atoms with van der Waals surface area (Å²) in [6.07, 6.45) is 0. The van der Waals surface area contributed by atoms with E-state index in [4.69, 9.17) is 0 Å². The van der Waals surface area contributed by atoms with E-state index in [2.05, 4.69) is 30.2 Å². The molecule has 2 aromatic heterocycles. The number of carbonyl (C=O) groups is 1. The number of hydrogen-bond acceptors (Lipinski definition) is 4. The van der Waals surface area contributed by atoms with Crippen LogP contribution in [0.2, 0.25) is 0 Å². The van der Waals surface area contributed by atoms with Gasteiger partial charge in [-0.2, -0.15) is 0 Å². The smallest absolute Gasteiger partial charge is 0.271 e. The Hall–Kier alpha value is -1.20. The molecule has 90 valence electrons. The molecule has 17 heavy (non-hydrogen) atoms. The van der Waals surface area contributed by atoms with Crippen LogP contribution in [0.25, 0.3) is 0 Å². The highest BCUT2D eigenvalue weighted by atomic mass is 32.1. The Kier molecular flexibility index (Phi) is 3.59. The van der Waals surface area contributed by atoms with Crippen LogP contribution in [0, 0.1) is 13.8 Å². The van der Waals surface area contributed by atoms with Crippen molar-refractivity contribution in [2.75, 3.05) is 0 Å². The van der Waals surface area contributed by atoms with E-state index in [1.54, 1.807) is 22.2 Å². The fourth-order valence-corrected chi connectivity index (χ4v) is 3.31. The first-order chi connectivity index (χ1) is 8.08. The summed E-state index contributed by atoms with van der Waals surface area (Å²) in [5.74, 6) is -0.109. The first-order valence-electron chi connectivity index (χ1n) is 5.34. The molecule has 0 aliphatic rings. The van der Waals surface area contributed by atoms with Crippen LogP contribution >= 0.6 is 22.7 Å². The Balaban J connectivity index is 2.09. The third-order valence-corrected chi connectivity index (χ3v) is 4.13. The molecule has 1 atom stereocenters. The van der Waals surface area contributed by atoms with E-state index in [0.717, 1.165) is 0 Å². The molecule has 0 aromatic carbocycles. The Morgan fingerprint density at radius 3 is 2.76 bits per heavy atom. The second-order valence-corrected chi connectivity index (χ2v) is 6.12. The normalized spacial score (nSPS) is 12.4. The van der Waals surface area contributed by atoms with Gasteiger partial charge in [-0.25, -0.2) is 4.98 Å². The Bertz CT molecular complexity index is 517. The molecule has 0 aliphatic heterocycles. The summed E-state index contributed by atoms with van der Waals surface area (Å²) in [4.78, 5) is 18.4. The number of rotatable bonds is 3. The molecule has 0 radical (unpaired) electrons. The van der Waals surface area contributed by atoms with E-state index in [0.29, 0.717) is 5.69 Å². The van der Waals surface area contributed by atoms with Crippen molar-refractivity contribution in [3.05, 3.63) is 38.0 Å². The van der Waals surface area contributed by atoms with Crippen LogP contribution in [0.5, 0.6) is 0 Å². The minimum Gasteiger partial charge on any atom is -0.344 e. The summed E-state index contributed by atoms with van der Waals surface area (Å²) in [5, 5.41) is 4.72. The maximum atomic E-state index is 11.8. The summed E-state index contributed by atoms with van der Waals surface area (Å²) >= 11 is 3.19. The van der Waals surface area contributed by atoms with Crippen molar-refractivity contribution in [1.82, 2.24) is 10.3 Å². The second kappa shape index (κ2) is 4.98. The van der Waals surface area contributed by atoms with Crippen molar-refractivity contribution in [2.45, 2.75) is 26.8 Å². The number of hydrogen-bond donors (Lipinski definition) is 1. The van der Waals surface area contributed by atoms with Crippen molar-refractivity contribution in [2.24, 2.45) is 0 Å². The maximum absolute atomic E-state index is 11.8. The molecular formula is C12H14N2OS2. The van der Waals surface area contributed by atoms with Gasteiger partial charge in [0.25, 0.3) is 5.91 Å². The number of aryl methyl sites for hydroxylation is 2. The standard InChI is InChI=1S/C12H14N2OS2/c1-7-4-10(9(3)17-7)8(2)14-12(15)11-5-16-6-13-11/h4-6,8H,1-3H3,(H,14,15). The largest absolute Gasteiger partial charge is 0.344 e. The number of nitrogens with zero attached hydrogens (tertiary/aromatic N) is 1. The molecule has 5 heteroatoms. The maximum Gasteiger partial charge on any atom is 0.271 e. The number of aromatic nitrogens is 1. The van der Waals surface area contributed by atoms with Crippen LogP contribution in [0.1, 0.15) is 38.8 Å². The summed E-state index contributed by atoms with van der Waals surface area (Å²) in [7, 11) is 0. The lowest BCUT2D eigenvalue weighted by Gasteiger charge is -2.12. The highest BCUT2D eigenvalue weighted by Gasteiger charge is 2.15. The molecule has 0 saturated heterocycles. The molecular weight excluding hydrogens is 252 g/mol. The molecule has 0 fully saturated rings. The zero-order valence-corrected chi connectivity index (χ0v) is 11.6. The third-order valence-electron chi connectivity index (χ3n) is 2.56. The van der Waals surface area contributed by atoms with Gasteiger partial charge in [-0.3, -0.25) is 4.79 Å². The minimum absolute atomic E-state index is 0.0224. The van der Waals surface area contributed by atoms with Crippen LogP contribution in [0.15, 0.2) is 17.0 Å². The van der Waals surface area contributed by atoms with E-state index in [1.807, 2.05) is 6.92 Å². The molecule has 2 heterocycles. The molecule has 0 saturated carbocycles. The van der Waals surface area contributed by atoms with E-state index >= 15 is 0 Å². The molecule has 3 nitrogen and oxygen atoms in total. The minimum atomic E-state index is -0.109. The molecule has 1 unspecified atom stereocenters. The molecule has 1 amide bonds. The predicted molar refractivity (Wildman–Crippen MR) is 71.8 cm³/mol. The number of thiazole rings is 1. The highest BCUT2D eigenvalue weighted by Crippen LogP contribution is 2.26. The lowest BCUT2D eigenvalue weighted by Crippen LogP contribution is -2.26.